The van der Waals surface area contributed by atoms with Gasteiger partial charge in [0.2, 0.25) is 0 Å². The second-order valence-electron chi connectivity index (χ2n) is 5.82. The van der Waals surface area contributed by atoms with Crippen LogP contribution in [0.4, 0.5) is 0 Å². The quantitative estimate of drug-likeness (QED) is 0.288. The number of methoxy groups -OCH3 is 1. The van der Waals surface area contributed by atoms with E-state index in [1.807, 2.05) is 26.0 Å². The van der Waals surface area contributed by atoms with Gasteiger partial charge < -0.3 is 14.2 Å². The molecule has 0 N–H and O–H groups in total. The zero-order valence-electron chi connectivity index (χ0n) is 15.7. The van der Waals surface area contributed by atoms with Crippen LogP contribution in [0.5, 0.6) is 5.75 Å². The Morgan fingerprint density at radius 2 is 1.96 bits per heavy atom. The standard InChI is InChI=1S/C19H21NO5S2/c1-5-15(21)25-14-7-6-11(2)16-17(14)27-19(26-16)13(10-20)18(22)24-9-8-12(3)23-4/h6-7,12H,5,8-9H2,1-4H3/b19-13+. The van der Waals surface area contributed by atoms with Crippen molar-refractivity contribution in [1.29, 1.82) is 5.26 Å². The fourth-order valence-corrected chi connectivity index (χ4v) is 4.77. The van der Waals surface area contributed by atoms with Crippen molar-refractivity contribution in [2.45, 2.75) is 49.5 Å². The Labute approximate surface area is 167 Å². The van der Waals surface area contributed by atoms with Gasteiger partial charge in [0.05, 0.1) is 21.8 Å². The molecule has 0 amide bonds. The van der Waals surface area contributed by atoms with Gasteiger partial charge in [0, 0.05) is 24.8 Å². The summed E-state index contributed by atoms with van der Waals surface area (Å²) in [5.41, 5.74) is 0.937. The molecular weight excluding hydrogens is 386 g/mol. The van der Waals surface area contributed by atoms with E-state index in [2.05, 4.69) is 0 Å². The number of nitrogens with zero attached hydrogens (tertiary/aromatic N) is 1. The Balaban J connectivity index is 2.22. The smallest absolute Gasteiger partial charge is 0.350 e. The molecule has 2 rings (SSSR count). The fraction of sp³-hybridized carbons (Fsp3) is 0.421. The van der Waals surface area contributed by atoms with Crippen LogP contribution in [-0.2, 0) is 19.1 Å². The van der Waals surface area contributed by atoms with E-state index >= 15 is 0 Å². The van der Waals surface area contributed by atoms with Crippen LogP contribution in [0.15, 0.2) is 31.7 Å². The summed E-state index contributed by atoms with van der Waals surface area (Å²) >= 11 is 2.57. The summed E-state index contributed by atoms with van der Waals surface area (Å²) in [5, 5.41) is 9.47. The molecule has 144 valence electrons. The van der Waals surface area contributed by atoms with Gasteiger partial charge in [-0.3, -0.25) is 4.79 Å². The first-order chi connectivity index (χ1) is 12.9. The third kappa shape index (κ3) is 5.28. The Morgan fingerprint density at radius 3 is 2.59 bits per heavy atom. The molecule has 1 unspecified atom stereocenters. The third-order valence-electron chi connectivity index (χ3n) is 3.85. The highest BCUT2D eigenvalue weighted by Crippen LogP contribution is 2.56. The van der Waals surface area contributed by atoms with Gasteiger partial charge in [-0.25, -0.2) is 4.79 Å². The highest BCUT2D eigenvalue weighted by Gasteiger charge is 2.30. The van der Waals surface area contributed by atoms with Crippen LogP contribution >= 0.6 is 23.5 Å². The number of fused-ring (bicyclic) bond motifs is 1. The number of esters is 2. The van der Waals surface area contributed by atoms with Crippen LogP contribution in [0.25, 0.3) is 0 Å². The van der Waals surface area contributed by atoms with Crippen LogP contribution in [0.3, 0.4) is 0 Å². The molecule has 0 saturated heterocycles. The maximum atomic E-state index is 12.3. The van der Waals surface area contributed by atoms with Crippen molar-refractivity contribution in [1.82, 2.24) is 0 Å². The first-order valence-electron chi connectivity index (χ1n) is 8.45. The highest BCUT2D eigenvalue weighted by atomic mass is 32.2. The largest absolute Gasteiger partial charge is 0.461 e. The lowest BCUT2D eigenvalue weighted by Gasteiger charge is -2.09. The molecule has 0 aliphatic carbocycles. The Bertz CT molecular complexity index is 813. The highest BCUT2D eigenvalue weighted by molar-refractivity contribution is 8.24. The predicted octanol–water partition coefficient (Wildman–Crippen LogP) is 4.21. The molecule has 8 heteroatoms. The van der Waals surface area contributed by atoms with Crippen LogP contribution in [0.1, 0.15) is 32.3 Å². The molecule has 1 aromatic carbocycles. The van der Waals surface area contributed by atoms with Crippen LogP contribution in [0, 0.1) is 18.3 Å². The molecule has 1 aliphatic rings. The maximum Gasteiger partial charge on any atom is 0.350 e. The molecule has 1 heterocycles. The molecule has 27 heavy (non-hydrogen) atoms. The molecule has 0 radical (unpaired) electrons. The van der Waals surface area contributed by atoms with Gasteiger partial charge in [0.15, 0.2) is 5.57 Å². The first-order valence-corrected chi connectivity index (χ1v) is 10.1. The van der Waals surface area contributed by atoms with E-state index in [0.717, 1.165) is 15.4 Å². The number of rotatable bonds is 7. The number of hydrogen-bond donors (Lipinski definition) is 0. The molecule has 0 saturated carbocycles. The molecular formula is C19H21NO5S2. The van der Waals surface area contributed by atoms with Crippen molar-refractivity contribution in [2.75, 3.05) is 13.7 Å². The van der Waals surface area contributed by atoms with E-state index in [4.69, 9.17) is 14.2 Å². The van der Waals surface area contributed by atoms with Crippen molar-refractivity contribution in [3.05, 3.63) is 27.5 Å². The second-order valence-corrected chi connectivity index (χ2v) is 8.12. The van der Waals surface area contributed by atoms with Gasteiger partial charge in [-0.15, -0.1) is 0 Å². The molecule has 0 aromatic heterocycles. The van der Waals surface area contributed by atoms with Crippen LogP contribution in [0.2, 0.25) is 0 Å². The average Bonchev–Trinajstić information content (AvgIpc) is 3.10. The van der Waals surface area contributed by atoms with Gasteiger partial charge in [-0.2, -0.15) is 5.26 Å². The lowest BCUT2D eigenvalue weighted by Crippen LogP contribution is -2.14. The SMILES string of the molecule is CCC(=O)Oc1ccc(C)c2c1S/C(=C(\C#N)C(=O)OCCC(C)OC)S2. The summed E-state index contributed by atoms with van der Waals surface area (Å²) in [7, 11) is 1.59. The number of thioether (sulfide) groups is 2. The Kier molecular flexibility index (Phi) is 7.78. The van der Waals surface area contributed by atoms with E-state index in [0.29, 0.717) is 16.4 Å². The lowest BCUT2D eigenvalue weighted by molar-refractivity contribution is -0.139. The monoisotopic (exact) mass is 407 g/mol. The average molecular weight is 408 g/mol. The van der Waals surface area contributed by atoms with Gasteiger partial charge in [0.25, 0.3) is 0 Å². The molecule has 0 spiro atoms. The molecule has 1 aliphatic heterocycles. The fourth-order valence-electron chi connectivity index (χ4n) is 2.13. The number of carbonyl (C=O) groups is 2. The van der Waals surface area contributed by atoms with Crippen LogP contribution < -0.4 is 4.74 Å². The number of hydrogen-bond acceptors (Lipinski definition) is 8. The van der Waals surface area contributed by atoms with Gasteiger partial charge in [-0.1, -0.05) is 36.5 Å². The molecule has 0 fully saturated rings. The minimum atomic E-state index is -0.659. The van der Waals surface area contributed by atoms with E-state index in [-0.39, 0.29) is 30.7 Å². The number of carbonyl (C=O) groups excluding carboxylic acids is 2. The number of aryl methyl sites for hydroxylation is 1. The van der Waals surface area contributed by atoms with Gasteiger partial charge in [0.1, 0.15) is 11.8 Å². The topological polar surface area (TPSA) is 85.6 Å². The minimum absolute atomic E-state index is 0.0334. The summed E-state index contributed by atoms with van der Waals surface area (Å²) in [5.74, 6) is -0.556. The van der Waals surface area contributed by atoms with E-state index in [1.165, 1.54) is 23.5 Å². The van der Waals surface area contributed by atoms with Crippen molar-refractivity contribution in [2.24, 2.45) is 0 Å². The minimum Gasteiger partial charge on any atom is -0.461 e. The zero-order chi connectivity index (χ0) is 20.0. The molecule has 1 atom stereocenters. The predicted molar refractivity (Wildman–Crippen MR) is 104 cm³/mol. The summed E-state index contributed by atoms with van der Waals surface area (Å²) in [6.45, 7) is 5.70. The van der Waals surface area contributed by atoms with Crippen molar-refractivity contribution in [3.8, 4) is 11.8 Å². The van der Waals surface area contributed by atoms with Gasteiger partial charge >= 0.3 is 11.9 Å². The van der Waals surface area contributed by atoms with E-state index < -0.39 is 5.97 Å². The number of benzene rings is 1. The normalized spacial score (nSPS) is 15.5. The molecule has 6 nitrogen and oxygen atoms in total. The maximum absolute atomic E-state index is 12.3. The van der Waals surface area contributed by atoms with E-state index in [9.17, 15) is 14.9 Å². The summed E-state index contributed by atoms with van der Waals surface area (Å²) in [6, 6.07) is 5.53. The molecule has 1 aromatic rings. The van der Waals surface area contributed by atoms with Crippen molar-refractivity contribution < 1.29 is 23.8 Å². The Morgan fingerprint density at radius 1 is 1.26 bits per heavy atom. The first kappa shape index (κ1) is 21.4. The van der Waals surface area contributed by atoms with Gasteiger partial charge in [-0.05, 0) is 25.5 Å². The summed E-state index contributed by atoms with van der Waals surface area (Å²) in [6.07, 6.45) is 0.778. The summed E-state index contributed by atoms with van der Waals surface area (Å²) in [4.78, 5) is 25.6. The van der Waals surface area contributed by atoms with E-state index in [1.54, 1.807) is 20.1 Å². The summed E-state index contributed by atoms with van der Waals surface area (Å²) < 4.78 is 16.2. The number of ether oxygens (including phenoxy) is 3. The number of nitriles is 1. The van der Waals surface area contributed by atoms with Crippen molar-refractivity contribution >= 4 is 35.5 Å². The Hall–Kier alpha value is -1.95. The zero-order valence-corrected chi connectivity index (χ0v) is 17.3. The second kappa shape index (κ2) is 9.83. The lowest BCUT2D eigenvalue weighted by atomic mass is 10.2. The van der Waals surface area contributed by atoms with Crippen molar-refractivity contribution in [3.63, 3.8) is 0 Å². The molecule has 0 bridgehead atoms. The van der Waals surface area contributed by atoms with Crippen LogP contribution in [-0.4, -0.2) is 31.8 Å². The third-order valence-corrected chi connectivity index (χ3v) is 6.60.